The van der Waals surface area contributed by atoms with Crippen LogP contribution in [0.3, 0.4) is 0 Å². The van der Waals surface area contributed by atoms with Gasteiger partial charge < -0.3 is 10.5 Å². The lowest BCUT2D eigenvalue weighted by atomic mass is 10.2. The normalized spacial score (nSPS) is 10.1. The Kier molecular flexibility index (Phi) is 5.11. The van der Waals surface area contributed by atoms with E-state index < -0.39 is 11.8 Å². The van der Waals surface area contributed by atoms with Gasteiger partial charge in [0.2, 0.25) is 0 Å². The van der Waals surface area contributed by atoms with Gasteiger partial charge in [0.25, 0.3) is 0 Å². The Bertz CT molecular complexity index is 371. The van der Waals surface area contributed by atoms with Crippen LogP contribution >= 0.6 is 11.8 Å². The maximum absolute atomic E-state index is 12.7. The first-order valence-electron chi connectivity index (χ1n) is 4.95. The van der Waals surface area contributed by atoms with Crippen molar-refractivity contribution in [2.24, 2.45) is 0 Å². The average Bonchev–Trinajstić information content (AvgIpc) is 2.24. The van der Waals surface area contributed by atoms with E-state index in [-0.39, 0.29) is 11.3 Å². The number of nitrogens with two attached hydrogens (primary N) is 1. The zero-order chi connectivity index (χ0) is 12.0. The SMILES string of the molecule is CCSCCOC(=O)c1ccc(F)cc1N. The molecule has 0 fully saturated rings. The maximum atomic E-state index is 12.7. The second-order valence-corrected chi connectivity index (χ2v) is 4.46. The van der Waals surface area contributed by atoms with Crippen LogP contribution in [-0.4, -0.2) is 24.1 Å². The lowest BCUT2D eigenvalue weighted by Crippen LogP contribution is -2.10. The van der Waals surface area contributed by atoms with Gasteiger partial charge in [0.1, 0.15) is 12.4 Å². The zero-order valence-corrected chi connectivity index (χ0v) is 9.85. The van der Waals surface area contributed by atoms with Gasteiger partial charge in [-0.2, -0.15) is 11.8 Å². The van der Waals surface area contributed by atoms with E-state index in [1.54, 1.807) is 11.8 Å². The first-order valence-corrected chi connectivity index (χ1v) is 6.10. The molecule has 1 aromatic carbocycles. The number of halogens is 1. The van der Waals surface area contributed by atoms with Gasteiger partial charge >= 0.3 is 5.97 Å². The van der Waals surface area contributed by atoms with Crippen LogP contribution in [0.1, 0.15) is 17.3 Å². The van der Waals surface area contributed by atoms with Crippen molar-refractivity contribution in [2.45, 2.75) is 6.92 Å². The summed E-state index contributed by atoms with van der Waals surface area (Å²) in [7, 11) is 0. The highest BCUT2D eigenvalue weighted by Crippen LogP contribution is 2.14. The summed E-state index contributed by atoms with van der Waals surface area (Å²) in [5, 5.41) is 0. The summed E-state index contributed by atoms with van der Waals surface area (Å²) in [6, 6.07) is 3.63. The number of ether oxygens (including phenoxy) is 1. The standard InChI is InChI=1S/C11H14FNO2S/c1-2-16-6-5-15-11(14)9-4-3-8(12)7-10(9)13/h3-4,7H,2,5-6,13H2,1H3. The van der Waals surface area contributed by atoms with Gasteiger partial charge in [0.05, 0.1) is 5.56 Å². The van der Waals surface area contributed by atoms with E-state index in [2.05, 4.69) is 0 Å². The van der Waals surface area contributed by atoms with Crippen LogP contribution in [0, 0.1) is 5.82 Å². The summed E-state index contributed by atoms with van der Waals surface area (Å²) in [6.07, 6.45) is 0. The molecule has 0 saturated carbocycles. The minimum absolute atomic E-state index is 0.105. The fraction of sp³-hybridized carbons (Fsp3) is 0.364. The second-order valence-electron chi connectivity index (χ2n) is 3.06. The number of esters is 1. The highest BCUT2D eigenvalue weighted by molar-refractivity contribution is 7.99. The Labute approximate surface area is 98.2 Å². The van der Waals surface area contributed by atoms with Crippen LogP contribution in [0.2, 0.25) is 0 Å². The number of rotatable bonds is 5. The van der Waals surface area contributed by atoms with Crippen LogP contribution < -0.4 is 5.73 Å². The molecule has 0 aliphatic heterocycles. The first-order chi connectivity index (χ1) is 7.65. The van der Waals surface area contributed by atoms with Gasteiger partial charge in [-0.25, -0.2) is 9.18 Å². The Morgan fingerprint density at radius 1 is 1.56 bits per heavy atom. The van der Waals surface area contributed by atoms with Crippen LogP contribution in [0.5, 0.6) is 0 Å². The van der Waals surface area contributed by atoms with Gasteiger partial charge in [-0.15, -0.1) is 0 Å². The molecule has 0 unspecified atom stereocenters. The lowest BCUT2D eigenvalue weighted by Gasteiger charge is -2.06. The highest BCUT2D eigenvalue weighted by Gasteiger charge is 2.11. The van der Waals surface area contributed by atoms with Crippen molar-refractivity contribution in [2.75, 3.05) is 23.8 Å². The van der Waals surface area contributed by atoms with E-state index in [9.17, 15) is 9.18 Å². The number of benzene rings is 1. The minimum atomic E-state index is -0.505. The van der Waals surface area contributed by atoms with Gasteiger partial charge in [0, 0.05) is 11.4 Å². The number of nitrogen functional groups attached to an aromatic ring is 1. The average molecular weight is 243 g/mol. The van der Waals surface area contributed by atoms with Crippen molar-refractivity contribution in [3.8, 4) is 0 Å². The molecule has 1 rings (SSSR count). The minimum Gasteiger partial charge on any atom is -0.461 e. The molecule has 1 aromatic rings. The first kappa shape index (κ1) is 12.8. The third kappa shape index (κ3) is 3.73. The van der Waals surface area contributed by atoms with Crippen molar-refractivity contribution in [1.82, 2.24) is 0 Å². The Hall–Kier alpha value is -1.23. The smallest absolute Gasteiger partial charge is 0.340 e. The maximum Gasteiger partial charge on any atom is 0.340 e. The van der Waals surface area contributed by atoms with E-state index in [0.29, 0.717) is 6.61 Å². The molecule has 16 heavy (non-hydrogen) atoms. The van der Waals surface area contributed by atoms with E-state index >= 15 is 0 Å². The fourth-order valence-electron chi connectivity index (χ4n) is 1.13. The molecule has 0 aliphatic carbocycles. The van der Waals surface area contributed by atoms with E-state index in [0.717, 1.165) is 17.6 Å². The molecule has 0 spiro atoms. The molecule has 2 N–H and O–H groups in total. The molecule has 0 aliphatic rings. The summed E-state index contributed by atoms with van der Waals surface area (Å²) in [4.78, 5) is 11.5. The molecule has 0 aromatic heterocycles. The summed E-state index contributed by atoms with van der Waals surface area (Å²) in [5.41, 5.74) is 5.82. The predicted molar refractivity (Wildman–Crippen MR) is 64.1 cm³/mol. The molecule has 0 heterocycles. The van der Waals surface area contributed by atoms with E-state index in [1.807, 2.05) is 6.92 Å². The summed E-state index contributed by atoms with van der Waals surface area (Å²) in [5.74, 6) is 0.768. The largest absolute Gasteiger partial charge is 0.461 e. The van der Waals surface area contributed by atoms with Crippen molar-refractivity contribution < 1.29 is 13.9 Å². The van der Waals surface area contributed by atoms with Crippen LogP contribution in [0.25, 0.3) is 0 Å². The van der Waals surface area contributed by atoms with Gasteiger partial charge in [-0.1, -0.05) is 6.92 Å². The van der Waals surface area contributed by atoms with Gasteiger partial charge in [-0.05, 0) is 24.0 Å². The molecule has 3 nitrogen and oxygen atoms in total. The molecular weight excluding hydrogens is 229 g/mol. The third-order valence-corrected chi connectivity index (χ3v) is 2.76. The predicted octanol–water partition coefficient (Wildman–Crippen LogP) is 2.32. The van der Waals surface area contributed by atoms with Crippen molar-refractivity contribution in [3.63, 3.8) is 0 Å². The topological polar surface area (TPSA) is 52.3 Å². The van der Waals surface area contributed by atoms with Crippen LogP contribution in [0.15, 0.2) is 18.2 Å². The summed E-state index contributed by atoms with van der Waals surface area (Å²) in [6.45, 7) is 2.37. The molecule has 0 bridgehead atoms. The number of thioether (sulfide) groups is 1. The number of anilines is 1. The number of carbonyl (C=O) groups is 1. The van der Waals surface area contributed by atoms with Crippen molar-refractivity contribution in [1.29, 1.82) is 0 Å². The van der Waals surface area contributed by atoms with Crippen molar-refractivity contribution in [3.05, 3.63) is 29.6 Å². The lowest BCUT2D eigenvalue weighted by molar-refractivity contribution is 0.0531. The number of hydrogen-bond donors (Lipinski definition) is 1. The van der Waals surface area contributed by atoms with E-state index in [4.69, 9.17) is 10.5 Å². The molecular formula is C11H14FNO2S. The fourth-order valence-corrected chi connectivity index (χ4v) is 1.62. The Balaban J connectivity index is 2.53. The van der Waals surface area contributed by atoms with Crippen molar-refractivity contribution >= 4 is 23.4 Å². The van der Waals surface area contributed by atoms with Crippen LogP contribution in [-0.2, 0) is 4.74 Å². The monoisotopic (exact) mass is 243 g/mol. The molecule has 0 atom stereocenters. The van der Waals surface area contributed by atoms with Crippen LogP contribution in [0.4, 0.5) is 10.1 Å². The molecule has 0 amide bonds. The number of hydrogen-bond acceptors (Lipinski definition) is 4. The molecule has 5 heteroatoms. The third-order valence-electron chi connectivity index (χ3n) is 1.90. The summed E-state index contributed by atoms with van der Waals surface area (Å²) >= 11 is 1.68. The quantitative estimate of drug-likeness (QED) is 0.490. The zero-order valence-electron chi connectivity index (χ0n) is 9.03. The Morgan fingerprint density at radius 3 is 2.94 bits per heavy atom. The Morgan fingerprint density at radius 2 is 2.31 bits per heavy atom. The van der Waals surface area contributed by atoms with Gasteiger partial charge in [0.15, 0.2) is 0 Å². The van der Waals surface area contributed by atoms with E-state index in [1.165, 1.54) is 12.1 Å². The highest BCUT2D eigenvalue weighted by atomic mass is 32.2. The number of carbonyl (C=O) groups excluding carboxylic acids is 1. The summed E-state index contributed by atoms with van der Waals surface area (Å²) < 4.78 is 17.7. The molecule has 0 radical (unpaired) electrons. The second kappa shape index (κ2) is 6.37. The molecule has 88 valence electrons. The van der Waals surface area contributed by atoms with Gasteiger partial charge in [-0.3, -0.25) is 0 Å². The molecule has 0 saturated heterocycles.